The highest BCUT2D eigenvalue weighted by atomic mass is 15.0. The second kappa shape index (κ2) is 24.7. The molecule has 0 aliphatic carbocycles. The van der Waals surface area contributed by atoms with Crippen molar-refractivity contribution in [3.05, 3.63) is 376 Å². The Kier molecular flexibility index (Phi) is 14.1. The van der Waals surface area contributed by atoms with Crippen LogP contribution in [0.4, 0.5) is 0 Å². The van der Waals surface area contributed by atoms with E-state index in [0.29, 0.717) is 11.6 Å². The van der Waals surface area contributed by atoms with Gasteiger partial charge in [0.05, 0.1) is 66.9 Å². The van der Waals surface area contributed by atoms with E-state index in [1.54, 1.807) is 0 Å². The minimum atomic E-state index is 0.647. The first kappa shape index (κ1) is 60.4. The lowest BCUT2D eigenvalue weighted by Crippen LogP contribution is -1.98. The summed E-state index contributed by atoms with van der Waals surface area (Å²) in [5.41, 5.74) is 27.2. The van der Waals surface area contributed by atoms with Crippen molar-refractivity contribution in [3.8, 4) is 113 Å². The zero-order valence-corrected chi connectivity index (χ0v) is 57.4. The van der Waals surface area contributed by atoms with Gasteiger partial charge in [0.1, 0.15) is 0 Å². The van der Waals surface area contributed by atoms with Gasteiger partial charge in [-0.05, 0) is 168 Å². The summed E-state index contributed by atoms with van der Waals surface area (Å²) < 4.78 is 9.40. The zero-order valence-electron chi connectivity index (χ0n) is 57.4. The standard InChI is InChI=1S/C98H62N8/c1-9-31-89-77(23-1)78-24-2-10-32-90(78)103(89)73-51-43-65(44-52-73)86-61-85(99-97(100-86)67-47-55-75(56-48-67)105-93-35-13-5-27-81(93)82-28-6-14-36-94(82)105)64-41-39-63(40-42-64)69-19-17-20-70(59-69)71-21-18-22-72(60-71)88-62-87(66-45-53-74(54-46-66)104-91-33-11-3-25-79(91)80-26-4-12-34-92(80)104)101-98(102-88)68-49-57-76(58-50-68)106-95-37-15-7-29-83(95)84-30-8-16-38-96(84)106/h1-62H. The van der Waals surface area contributed by atoms with E-state index in [-0.39, 0.29) is 0 Å². The van der Waals surface area contributed by atoms with Crippen molar-refractivity contribution in [2.75, 3.05) is 0 Å². The number of hydrogen-bond acceptors (Lipinski definition) is 4. The predicted octanol–water partition coefficient (Wildman–Crippen LogP) is 25.0. The Morgan fingerprint density at radius 1 is 0.142 bits per heavy atom. The molecule has 0 spiro atoms. The first-order chi connectivity index (χ1) is 52.5. The van der Waals surface area contributed by atoms with Crippen LogP contribution in [0.1, 0.15) is 0 Å². The monoisotopic (exact) mass is 1350 g/mol. The van der Waals surface area contributed by atoms with Crippen molar-refractivity contribution in [2.45, 2.75) is 0 Å². The van der Waals surface area contributed by atoms with Crippen LogP contribution in [0, 0.1) is 0 Å². The normalized spacial score (nSPS) is 11.8. The topological polar surface area (TPSA) is 71.3 Å². The highest BCUT2D eigenvalue weighted by molar-refractivity contribution is 6.12. The molecule has 8 heteroatoms. The zero-order chi connectivity index (χ0) is 69.8. The number of para-hydroxylation sites is 8. The number of benzene rings is 15. The molecule has 0 saturated carbocycles. The van der Waals surface area contributed by atoms with Crippen molar-refractivity contribution < 1.29 is 0 Å². The number of hydrogen-bond donors (Lipinski definition) is 0. The van der Waals surface area contributed by atoms with Gasteiger partial charge >= 0.3 is 0 Å². The van der Waals surface area contributed by atoms with Crippen molar-refractivity contribution >= 4 is 87.2 Å². The molecule has 15 aromatic carbocycles. The van der Waals surface area contributed by atoms with E-state index in [1.165, 1.54) is 76.2 Å². The van der Waals surface area contributed by atoms with E-state index < -0.39 is 0 Å². The maximum atomic E-state index is 5.43. The van der Waals surface area contributed by atoms with Crippen LogP contribution in [0.25, 0.3) is 200 Å². The summed E-state index contributed by atoms with van der Waals surface area (Å²) in [6.45, 7) is 0. The van der Waals surface area contributed by atoms with Gasteiger partial charge in [-0.15, -0.1) is 0 Å². The molecule has 106 heavy (non-hydrogen) atoms. The Balaban J connectivity index is 0.622. The average molecular weight is 1350 g/mol. The van der Waals surface area contributed by atoms with Crippen LogP contribution in [-0.2, 0) is 0 Å². The first-order valence-corrected chi connectivity index (χ1v) is 36.0. The fourth-order valence-corrected chi connectivity index (χ4v) is 16.2. The molecule has 0 unspecified atom stereocenters. The molecule has 0 fully saturated rings. The fourth-order valence-electron chi connectivity index (χ4n) is 16.2. The van der Waals surface area contributed by atoms with Crippen LogP contribution >= 0.6 is 0 Å². The molecule has 0 aliphatic heterocycles. The minimum Gasteiger partial charge on any atom is -0.309 e. The fraction of sp³-hybridized carbons (Fsp3) is 0. The molecule has 0 N–H and O–H groups in total. The minimum absolute atomic E-state index is 0.647. The lowest BCUT2D eigenvalue weighted by Gasteiger charge is -2.13. The smallest absolute Gasteiger partial charge is 0.160 e. The quantitative estimate of drug-likeness (QED) is 0.122. The third-order valence-corrected chi connectivity index (χ3v) is 21.3. The predicted molar refractivity (Wildman–Crippen MR) is 438 cm³/mol. The Labute approximate surface area is 610 Å². The van der Waals surface area contributed by atoms with Crippen LogP contribution in [0.15, 0.2) is 376 Å². The highest BCUT2D eigenvalue weighted by Gasteiger charge is 2.21. The van der Waals surface area contributed by atoms with Crippen LogP contribution in [0.3, 0.4) is 0 Å². The Hall–Kier alpha value is -14.3. The maximum Gasteiger partial charge on any atom is 0.160 e. The summed E-state index contributed by atoms with van der Waals surface area (Å²) in [4.78, 5) is 21.6. The van der Waals surface area contributed by atoms with Gasteiger partial charge in [-0.1, -0.05) is 231 Å². The molecule has 0 radical (unpaired) electrons. The van der Waals surface area contributed by atoms with Gasteiger partial charge in [0, 0.05) is 99.2 Å². The Morgan fingerprint density at radius 2 is 0.340 bits per heavy atom. The molecule has 494 valence electrons. The number of fused-ring (bicyclic) bond motifs is 12. The van der Waals surface area contributed by atoms with Crippen LogP contribution in [0.2, 0.25) is 0 Å². The SMILES string of the molecule is c1cc(-c2ccc(-c3cc(-c4ccc(-n5c6ccccc6c6ccccc65)cc4)nc(-c4ccc(-n5c6ccccc6c6ccccc65)cc4)n3)cc2)cc(-c2cccc(-c3cc(-c4ccc(-n5c6ccccc6c6ccccc65)cc4)nc(-c4ccc(-n5c6ccccc6c6ccccc65)cc4)n3)c2)c1. The summed E-state index contributed by atoms with van der Waals surface area (Å²) in [7, 11) is 0. The summed E-state index contributed by atoms with van der Waals surface area (Å²) in [6, 6.07) is 135. The van der Waals surface area contributed by atoms with Gasteiger partial charge in [0.15, 0.2) is 11.6 Å². The van der Waals surface area contributed by atoms with Crippen molar-refractivity contribution in [1.82, 2.24) is 38.2 Å². The van der Waals surface area contributed by atoms with E-state index in [0.717, 1.165) is 112 Å². The van der Waals surface area contributed by atoms with Crippen LogP contribution in [-0.4, -0.2) is 38.2 Å². The van der Waals surface area contributed by atoms with Gasteiger partial charge in [-0.25, -0.2) is 19.9 Å². The number of aromatic nitrogens is 8. The van der Waals surface area contributed by atoms with Gasteiger partial charge in [-0.2, -0.15) is 0 Å². The third-order valence-electron chi connectivity index (χ3n) is 21.3. The van der Waals surface area contributed by atoms with Gasteiger partial charge in [0.2, 0.25) is 0 Å². The molecule has 0 atom stereocenters. The van der Waals surface area contributed by atoms with Gasteiger partial charge in [0.25, 0.3) is 0 Å². The highest BCUT2D eigenvalue weighted by Crippen LogP contribution is 2.41. The summed E-state index contributed by atoms with van der Waals surface area (Å²) in [6.07, 6.45) is 0. The van der Waals surface area contributed by atoms with Crippen molar-refractivity contribution in [3.63, 3.8) is 0 Å². The van der Waals surface area contributed by atoms with E-state index in [9.17, 15) is 0 Å². The number of nitrogens with zero attached hydrogens (tertiary/aromatic N) is 8. The van der Waals surface area contributed by atoms with Crippen molar-refractivity contribution in [1.29, 1.82) is 0 Å². The number of rotatable bonds is 12. The summed E-state index contributed by atoms with van der Waals surface area (Å²) in [5, 5.41) is 9.83. The lowest BCUT2D eigenvalue weighted by molar-refractivity contribution is 1.16. The van der Waals surface area contributed by atoms with E-state index in [1.807, 2.05) is 0 Å². The molecular formula is C98H62N8. The molecule has 6 heterocycles. The molecule has 8 nitrogen and oxygen atoms in total. The van der Waals surface area contributed by atoms with Gasteiger partial charge in [-0.3, -0.25) is 0 Å². The maximum absolute atomic E-state index is 5.43. The second-order valence-electron chi connectivity index (χ2n) is 27.3. The van der Waals surface area contributed by atoms with Crippen LogP contribution < -0.4 is 0 Å². The molecule has 0 aliphatic rings. The summed E-state index contributed by atoms with van der Waals surface area (Å²) >= 11 is 0. The Bertz CT molecular complexity index is 6470. The summed E-state index contributed by atoms with van der Waals surface area (Å²) in [5.74, 6) is 1.30. The van der Waals surface area contributed by atoms with E-state index in [2.05, 4.69) is 394 Å². The van der Waals surface area contributed by atoms with E-state index in [4.69, 9.17) is 19.9 Å². The second-order valence-corrected chi connectivity index (χ2v) is 27.3. The lowest BCUT2D eigenvalue weighted by atomic mass is 9.96. The van der Waals surface area contributed by atoms with Crippen LogP contribution in [0.5, 0.6) is 0 Å². The van der Waals surface area contributed by atoms with E-state index >= 15 is 0 Å². The molecule has 0 amide bonds. The molecule has 21 aromatic rings. The molecule has 0 saturated heterocycles. The first-order valence-electron chi connectivity index (χ1n) is 36.0. The average Bonchev–Trinajstić information content (AvgIpc) is 1.62. The largest absolute Gasteiger partial charge is 0.309 e. The molecular weight excluding hydrogens is 1290 g/mol. The molecule has 6 aromatic heterocycles. The van der Waals surface area contributed by atoms with Gasteiger partial charge < -0.3 is 18.3 Å². The van der Waals surface area contributed by atoms with Crippen molar-refractivity contribution in [2.24, 2.45) is 0 Å². The third kappa shape index (κ3) is 10.1. The molecule has 21 rings (SSSR count). The molecule has 0 bridgehead atoms. The Morgan fingerprint density at radius 3 is 0.613 bits per heavy atom.